The van der Waals surface area contributed by atoms with Gasteiger partial charge in [-0.15, -0.1) is 20.4 Å². The Morgan fingerprint density at radius 3 is 1.41 bits per heavy atom. The maximum atomic E-state index is 11.8. The quantitative estimate of drug-likeness (QED) is 0.369. The molecule has 0 aliphatic rings. The highest BCUT2D eigenvalue weighted by Crippen LogP contribution is 2.20. The summed E-state index contributed by atoms with van der Waals surface area (Å²) in [6.45, 7) is 3.02. The topological polar surface area (TPSA) is 144 Å². The molecule has 0 atom stereocenters. The molecule has 0 spiro atoms. The van der Waals surface area contributed by atoms with Gasteiger partial charge in [0, 0.05) is 38.5 Å². The third kappa shape index (κ3) is 10.6. The molecular formula is C20H28N6O4S2. The lowest BCUT2D eigenvalue weighted by Gasteiger charge is -1.99. The Morgan fingerprint density at radius 2 is 1.03 bits per heavy atom. The molecule has 12 heteroatoms. The van der Waals surface area contributed by atoms with Crippen molar-refractivity contribution >= 4 is 56.3 Å². The van der Waals surface area contributed by atoms with E-state index in [0.717, 1.165) is 35.7 Å². The number of rotatable bonds is 15. The predicted octanol–water partition coefficient (Wildman–Crippen LogP) is 3.35. The van der Waals surface area contributed by atoms with Gasteiger partial charge in [-0.25, -0.2) is 0 Å². The van der Waals surface area contributed by atoms with Crippen LogP contribution in [0.25, 0.3) is 0 Å². The van der Waals surface area contributed by atoms with Crippen LogP contribution in [-0.2, 0) is 32.0 Å². The largest absolute Gasteiger partial charge is 0.301 e. The van der Waals surface area contributed by atoms with Crippen molar-refractivity contribution < 1.29 is 19.2 Å². The van der Waals surface area contributed by atoms with Crippen molar-refractivity contribution in [2.75, 3.05) is 10.6 Å². The van der Waals surface area contributed by atoms with E-state index in [1.165, 1.54) is 36.5 Å². The minimum atomic E-state index is -0.160. The lowest BCUT2D eigenvalue weighted by Crippen LogP contribution is -2.11. The van der Waals surface area contributed by atoms with E-state index >= 15 is 0 Å². The van der Waals surface area contributed by atoms with E-state index in [0.29, 0.717) is 35.9 Å². The summed E-state index contributed by atoms with van der Waals surface area (Å²) in [5, 5.41) is 24.2. The Balaban J connectivity index is 1.63. The van der Waals surface area contributed by atoms with Gasteiger partial charge in [0.25, 0.3) is 0 Å². The fourth-order valence-electron chi connectivity index (χ4n) is 2.72. The normalized spacial score (nSPS) is 10.7. The fraction of sp³-hybridized carbons (Fsp3) is 0.600. The summed E-state index contributed by atoms with van der Waals surface area (Å²) in [5.41, 5.74) is 0. The Bertz CT molecular complexity index is 853. The first-order valence-electron chi connectivity index (χ1n) is 10.5. The number of hydrogen-bond donors (Lipinski definition) is 2. The number of unbranched alkanes of at least 4 members (excludes halogenated alkanes) is 1. The van der Waals surface area contributed by atoms with Crippen LogP contribution in [0.5, 0.6) is 0 Å². The van der Waals surface area contributed by atoms with Crippen molar-refractivity contribution in [3.05, 3.63) is 10.0 Å². The number of anilines is 2. The number of hydrogen-bond acceptors (Lipinski definition) is 10. The molecule has 0 unspecified atom stereocenters. The molecule has 0 saturated heterocycles. The Kier molecular flexibility index (Phi) is 11.0. The minimum absolute atomic E-state index is 0.0756. The van der Waals surface area contributed by atoms with Gasteiger partial charge in [0.2, 0.25) is 22.1 Å². The Hall–Kier alpha value is -2.60. The van der Waals surface area contributed by atoms with Crippen molar-refractivity contribution in [3.63, 3.8) is 0 Å². The molecule has 2 aromatic rings. The number of amides is 2. The summed E-state index contributed by atoms with van der Waals surface area (Å²) in [5.74, 6) is -0.169. The van der Waals surface area contributed by atoms with Crippen molar-refractivity contribution in [2.24, 2.45) is 0 Å². The van der Waals surface area contributed by atoms with Crippen LogP contribution < -0.4 is 10.6 Å². The highest BCUT2D eigenvalue weighted by molar-refractivity contribution is 7.15. The number of aryl methyl sites for hydroxylation is 2. The van der Waals surface area contributed by atoms with Gasteiger partial charge >= 0.3 is 0 Å². The Labute approximate surface area is 194 Å². The average Bonchev–Trinajstić information content (AvgIpc) is 3.34. The third-order valence-corrected chi connectivity index (χ3v) is 6.12. The molecule has 2 amide bonds. The first kappa shape index (κ1) is 25.7. The van der Waals surface area contributed by atoms with E-state index in [-0.39, 0.29) is 36.2 Å². The highest BCUT2D eigenvalue weighted by Gasteiger charge is 2.11. The third-order valence-electron chi connectivity index (χ3n) is 4.32. The van der Waals surface area contributed by atoms with Gasteiger partial charge in [0.1, 0.15) is 21.6 Å². The zero-order valence-electron chi connectivity index (χ0n) is 18.3. The molecule has 0 bridgehead atoms. The van der Waals surface area contributed by atoms with Crippen LogP contribution in [0.2, 0.25) is 0 Å². The molecule has 10 nitrogen and oxygen atoms in total. The number of aromatic nitrogens is 4. The average molecular weight is 481 g/mol. The summed E-state index contributed by atoms with van der Waals surface area (Å²) in [6.07, 6.45) is 5.70. The number of carbonyl (C=O) groups is 4. The van der Waals surface area contributed by atoms with Crippen molar-refractivity contribution in [1.29, 1.82) is 0 Å². The standard InChI is InChI=1S/C20H28N6O4S2/c1-13(27)7-5-9-15(29)21-19-25-23-17(31-19)11-3-4-12-18-24-26-20(32-18)22-16(30)10-6-8-14(2)28/h3-12H2,1-2H3,(H,21,25,29)(H,22,26,30). The summed E-state index contributed by atoms with van der Waals surface area (Å²) in [6, 6.07) is 0. The molecule has 2 N–H and O–H groups in total. The molecule has 0 aliphatic heterocycles. The molecular weight excluding hydrogens is 452 g/mol. The Morgan fingerprint density at radius 1 is 0.625 bits per heavy atom. The van der Waals surface area contributed by atoms with Gasteiger partial charge in [-0.1, -0.05) is 22.7 Å². The predicted molar refractivity (Wildman–Crippen MR) is 123 cm³/mol. The first-order chi connectivity index (χ1) is 15.3. The molecule has 0 radical (unpaired) electrons. The summed E-state index contributed by atoms with van der Waals surface area (Å²) < 4.78 is 0. The number of nitrogens with zero attached hydrogens (tertiary/aromatic N) is 4. The van der Waals surface area contributed by atoms with E-state index in [1.54, 1.807) is 0 Å². The smallest absolute Gasteiger partial charge is 0.226 e. The molecule has 174 valence electrons. The molecule has 0 fully saturated rings. The van der Waals surface area contributed by atoms with Crippen molar-refractivity contribution in [3.8, 4) is 0 Å². The van der Waals surface area contributed by atoms with Crippen LogP contribution >= 0.6 is 22.7 Å². The summed E-state index contributed by atoms with van der Waals surface area (Å²) >= 11 is 2.70. The monoisotopic (exact) mass is 480 g/mol. The molecule has 32 heavy (non-hydrogen) atoms. The second-order valence-electron chi connectivity index (χ2n) is 7.42. The van der Waals surface area contributed by atoms with Gasteiger partial charge in [-0.3, -0.25) is 9.59 Å². The van der Waals surface area contributed by atoms with Gasteiger partial charge in [-0.05, 0) is 39.5 Å². The number of carbonyl (C=O) groups excluding carboxylic acids is 4. The second kappa shape index (κ2) is 13.7. The summed E-state index contributed by atoms with van der Waals surface area (Å²) in [4.78, 5) is 45.5. The van der Waals surface area contributed by atoms with E-state index in [1.807, 2.05) is 0 Å². The molecule has 2 heterocycles. The van der Waals surface area contributed by atoms with E-state index in [4.69, 9.17) is 0 Å². The van der Waals surface area contributed by atoms with Crippen LogP contribution in [0.15, 0.2) is 0 Å². The second-order valence-corrected chi connectivity index (χ2v) is 9.54. The molecule has 2 rings (SSSR count). The van der Waals surface area contributed by atoms with Crippen molar-refractivity contribution in [1.82, 2.24) is 20.4 Å². The van der Waals surface area contributed by atoms with Crippen LogP contribution in [0.1, 0.15) is 75.2 Å². The molecule has 2 aromatic heterocycles. The molecule has 0 aromatic carbocycles. The van der Waals surface area contributed by atoms with E-state index < -0.39 is 0 Å². The fourth-order valence-corrected chi connectivity index (χ4v) is 4.32. The van der Waals surface area contributed by atoms with E-state index in [9.17, 15) is 19.2 Å². The highest BCUT2D eigenvalue weighted by atomic mass is 32.1. The van der Waals surface area contributed by atoms with Crippen LogP contribution in [0.4, 0.5) is 10.3 Å². The lowest BCUT2D eigenvalue weighted by molar-refractivity contribution is -0.119. The molecule has 0 saturated carbocycles. The van der Waals surface area contributed by atoms with Crippen LogP contribution in [0, 0.1) is 0 Å². The van der Waals surface area contributed by atoms with Gasteiger partial charge in [-0.2, -0.15) is 0 Å². The van der Waals surface area contributed by atoms with Gasteiger partial charge in [0.15, 0.2) is 0 Å². The maximum Gasteiger partial charge on any atom is 0.226 e. The summed E-state index contributed by atoms with van der Waals surface area (Å²) in [7, 11) is 0. The lowest BCUT2D eigenvalue weighted by atomic mass is 10.2. The minimum Gasteiger partial charge on any atom is -0.301 e. The zero-order chi connectivity index (χ0) is 23.3. The number of ketones is 2. The number of nitrogens with one attached hydrogen (secondary N) is 2. The molecule has 0 aliphatic carbocycles. The zero-order valence-corrected chi connectivity index (χ0v) is 19.9. The van der Waals surface area contributed by atoms with Gasteiger partial charge < -0.3 is 20.2 Å². The maximum absolute atomic E-state index is 11.8. The van der Waals surface area contributed by atoms with Crippen LogP contribution in [-0.4, -0.2) is 43.8 Å². The first-order valence-corrected chi connectivity index (χ1v) is 12.2. The van der Waals surface area contributed by atoms with Crippen molar-refractivity contribution in [2.45, 2.75) is 78.1 Å². The van der Waals surface area contributed by atoms with E-state index in [2.05, 4.69) is 31.0 Å². The SMILES string of the molecule is CC(=O)CCCC(=O)Nc1nnc(CCCCc2nnc(NC(=O)CCCC(C)=O)s2)s1. The van der Waals surface area contributed by atoms with Gasteiger partial charge in [0.05, 0.1) is 0 Å². The number of Topliss-reactive ketones (excluding diaryl/α,β-unsaturated/α-hetero) is 2. The van der Waals surface area contributed by atoms with Crippen LogP contribution in [0.3, 0.4) is 0 Å².